The van der Waals surface area contributed by atoms with Crippen LogP contribution in [0.2, 0.25) is 0 Å². The number of carbonyl (C=O) groups is 1. The van der Waals surface area contributed by atoms with Gasteiger partial charge in [0.2, 0.25) is 5.91 Å². The van der Waals surface area contributed by atoms with Crippen LogP contribution in [0.15, 0.2) is 18.3 Å². The molecule has 20 heavy (non-hydrogen) atoms. The predicted molar refractivity (Wildman–Crippen MR) is 81.1 cm³/mol. The number of nitrogens with zero attached hydrogens (tertiary/aromatic N) is 1. The van der Waals surface area contributed by atoms with Crippen LogP contribution in [0.3, 0.4) is 0 Å². The molecule has 2 heterocycles. The van der Waals surface area contributed by atoms with Crippen LogP contribution in [-0.4, -0.2) is 28.9 Å². The van der Waals surface area contributed by atoms with Crippen molar-refractivity contribution >= 4 is 5.91 Å². The van der Waals surface area contributed by atoms with Crippen LogP contribution >= 0.6 is 0 Å². The molecule has 0 saturated carbocycles. The fraction of sp³-hybridized carbons (Fsp3) is 0.688. The molecule has 0 aromatic carbocycles. The number of amides is 1. The van der Waals surface area contributed by atoms with E-state index in [0.717, 1.165) is 31.5 Å². The van der Waals surface area contributed by atoms with Crippen molar-refractivity contribution < 1.29 is 4.79 Å². The summed E-state index contributed by atoms with van der Waals surface area (Å²) in [6.45, 7) is 5.85. The minimum Gasteiger partial charge on any atom is -0.363 e. The Hall–Kier alpha value is -1.29. The topological polar surface area (TPSA) is 62.1 Å². The monoisotopic (exact) mass is 277 g/mol. The molecule has 1 aliphatic rings. The third-order valence-corrected chi connectivity index (χ3v) is 4.16. The van der Waals surface area contributed by atoms with Crippen molar-refractivity contribution in [2.75, 3.05) is 13.1 Å². The summed E-state index contributed by atoms with van der Waals surface area (Å²) in [5.74, 6) is 1.17. The van der Waals surface area contributed by atoms with E-state index in [4.69, 9.17) is 5.73 Å². The third-order valence-electron chi connectivity index (χ3n) is 4.16. The SMILES string of the molecule is CC(C)CC(CN)CC(=O)N1CCCC1c1ccc[nH]1. The summed E-state index contributed by atoms with van der Waals surface area (Å²) in [7, 11) is 0. The Morgan fingerprint density at radius 2 is 2.35 bits per heavy atom. The van der Waals surface area contributed by atoms with Crippen LogP contribution in [0.5, 0.6) is 0 Å². The van der Waals surface area contributed by atoms with Gasteiger partial charge in [0.05, 0.1) is 6.04 Å². The average molecular weight is 277 g/mol. The number of aromatic nitrogens is 1. The second kappa shape index (κ2) is 6.93. The van der Waals surface area contributed by atoms with Crippen molar-refractivity contribution in [3.63, 3.8) is 0 Å². The molecule has 4 nitrogen and oxygen atoms in total. The molecule has 0 bridgehead atoms. The van der Waals surface area contributed by atoms with Crippen molar-refractivity contribution in [2.45, 2.75) is 45.6 Å². The highest BCUT2D eigenvalue weighted by Gasteiger charge is 2.31. The summed E-state index contributed by atoms with van der Waals surface area (Å²) < 4.78 is 0. The van der Waals surface area contributed by atoms with Gasteiger partial charge in [0, 0.05) is 24.9 Å². The summed E-state index contributed by atoms with van der Waals surface area (Å²) in [6, 6.07) is 4.30. The number of rotatable bonds is 6. The normalized spacial score (nSPS) is 20.6. The maximum absolute atomic E-state index is 12.6. The highest BCUT2D eigenvalue weighted by Crippen LogP contribution is 2.32. The standard InChI is InChI=1S/C16H27N3O/c1-12(2)9-13(11-17)10-16(20)19-8-4-6-15(19)14-5-3-7-18-14/h3,5,7,12-13,15,18H,4,6,8-11,17H2,1-2H3. The van der Waals surface area contributed by atoms with E-state index in [0.29, 0.717) is 24.8 Å². The summed E-state index contributed by atoms with van der Waals surface area (Å²) in [5.41, 5.74) is 6.98. The van der Waals surface area contributed by atoms with E-state index in [1.54, 1.807) is 0 Å². The maximum atomic E-state index is 12.6. The minimum atomic E-state index is 0.231. The van der Waals surface area contributed by atoms with Crippen LogP contribution < -0.4 is 5.73 Å². The van der Waals surface area contributed by atoms with E-state index in [1.165, 1.54) is 0 Å². The number of hydrogen-bond donors (Lipinski definition) is 2. The summed E-state index contributed by atoms with van der Waals surface area (Å²) in [6.07, 6.45) is 5.70. The lowest BCUT2D eigenvalue weighted by Gasteiger charge is -2.26. The highest BCUT2D eigenvalue weighted by molar-refractivity contribution is 5.77. The van der Waals surface area contributed by atoms with Gasteiger partial charge in [-0.05, 0) is 49.8 Å². The van der Waals surface area contributed by atoms with E-state index in [1.807, 2.05) is 17.2 Å². The zero-order chi connectivity index (χ0) is 14.5. The first-order chi connectivity index (χ1) is 9.61. The van der Waals surface area contributed by atoms with Crippen molar-refractivity contribution in [3.05, 3.63) is 24.0 Å². The molecule has 112 valence electrons. The zero-order valence-corrected chi connectivity index (χ0v) is 12.6. The zero-order valence-electron chi connectivity index (χ0n) is 12.6. The largest absolute Gasteiger partial charge is 0.363 e. The van der Waals surface area contributed by atoms with Crippen LogP contribution in [0, 0.1) is 11.8 Å². The first-order valence-corrected chi connectivity index (χ1v) is 7.74. The van der Waals surface area contributed by atoms with E-state index in [9.17, 15) is 4.79 Å². The smallest absolute Gasteiger partial charge is 0.223 e. The molecule has 0 aliphatic carbocycles. The van der Waals surface area contributed by atoms with Crippen LogP contribution in [0.25, 0.3) is 0 Å². The molecule has 2 atom stereocenters. The molecule has 0 radical (unpaired) electrons. The van der Waals surface area contributed by atoms with Crippen molar-refractivity contribution in [2.24, 2.45) is 17.6 Å². The Morgan fingerprint density at radius 1 is 1.55 bits per heavy atom. The van der Waals surface area contributed by atoms with Crippen molar-refractivity contribution in [1.82, 2.24) is 9.88 Å². The fourth-order valence-electron chi connectivity index (χ4n) is 3.23. The Morgan fingerprint density at radius 3 is 2.95 bits per heavy atom. The van der Waals surface area contributed by atoms with Crippen LogP contribution in [0.4, 0.5) is 0 Å². The Kier molecular flexibility index (Phi) is 5.24. The molecule has 2 unspecified atom stereocenters. The number of likely N-dealkylation sites (tertiary alicyclic amines) is 1. The van der Waals surface area contributed by atoms with Gasteiger partial charge in [-0.3, -0.25) is 4.79 Å². The van der Waals surface area contributed by atoms with E-state index in [2.05, 4.69) is 24.9 Å². The molecule has 1 fully saturated rings. The first-order valence-electron chi connectivity index (χ1n) is 7.74. The summed E-state index contributed by atoms with van der Waals surface area (Å²) >= 11 is 0. The molecule has 1 amide bonds. The van der Waals surface area contributed by atoms with Gasteiger partial charge in [-0.25, -0.2) is 0 Å². The molecular formula is C16H27N3O. The molecule has 3 N–H and O–H groups in total. The molecule has 1 aliphatic heterocycles. The average Bonchev–Trinajstić information content (AvgIpc) is 3.07. The highest BCUT2D eigenvalue weighted by atomic mass is 16.2. The lowest BCUT2D eigenvalue weighted by atomic mass is 9.93. The molecule has 1 saturated heterocycles. The Balaban J connectivity index is 1.97. The van der Waals surface area contributed by atoms with Gasteiger partial charge in [0.1, 0.15) is 0 Å². The van der Waals surface area contributed by atoms with Crippen molar-refractivity contribution in [3.8, 4) is 0 Å². The molecule has 1 aromatic rings. The van der Waals surface area contributed by atoms with Crippen molar-refractivity contribution in [1.29, 1.82) is 0 Å². The number of hydrogen-bond acceptors (Lipinski definition) is 2. The second-order valence-electron chi connectivity index (χ2n) is 6.31. The molecule has 1 aromatic heterocycles. The van der Waals surface area contributed by atoms with Gasteiger partial charge < -0.3 is 15.6 Å². The third kappa shape index (κ3) is 3.63. The first kappa shape index (κ1) is 15.1. The number of nitrogens with two attached hydrogens (primary N) is 1. The lowest BCUT2D eigenvalue weighted by molar-refractivity contribution is -0.133. The molecule has 0 spiro atoms. The summed E-state index contributed by atoms with van der Waals surface area (Å²) in [5, 5.41) is 0. The minimum absolute atomic E-state index is 0.231. The Labute approximate surface area is 121 Å². The quantitative estimate of drug-likeness (QED) is 0.839. The van der Waals surface area contributed by atoms with Gasteiger partial charge in [0.15, 0.2) is 0 Å². The van der Waals surface area contributed by atoms with Crippen LogP contribution in [-0.2, 0) is 4.79 Å². The molecule has 2 rings (SSSR count). The second-order valence-corrected chi connectivity index (χ2v) is 6.31. The van der Waals surface area contributed by atoms with Gasteiger partial charge in [-0.2, -0.15) is 0 Å². The predicted octanol–water partition coefficient (Wildman–Crippen LogP) is 2.69. The molecular weight excluding hydrogens is 250 g/mol. The van der Waals surface area contributed by atoms with E-state index >= 15 is 0 Å². The van der Waals surface area contributed by atoms with Gasteiger partial charge >= 0.3 is 0 Å². The lowest BCUT2D eigenvalue weighted by Crippen LogP contribution is -2.33. The fourth-order valence-corrected chi connectivity index (χ4v) is 3.23. The number of aromatic amines is 1. The molecule has 4 heteroatoms. The van der Waals surface area contributed by atoms with Crippen LogP contribution in [0.1, 0.15) is 51.3 Å². The maximum Gasteiger partial charge on any atom is 0.223 e. The van der Waals surface area contributed by atoms with E-state index < -0.39 is 0 Å². The van der Waals surface area contributed by atoms with E-state index in [-0.39, 0.29) is 11.9 Å². The van der Waals surface area contributed by atoms with Gasteiger partial charge in [-0.15, -0.1) is 0 Å². The number of nitrogens with one attached hydrogen (secondary N) is 1. The summed E-state index contributed by atoms with van der Waals surface area (Å²) in [4.78, 5) is 17.8. The van der Waals surface area contributed by atoms with Gasteiger partial charge in [-0.1, -0.05) is 13.8 Å². The number of H-pyrrole nitrogens is 1. The number of carbonyl (C=O) groups excluding carboxylic acids is 1. The Bertz CT molecular complexity index is 413. The van der Waals surface area contributed by atoms with Gasteiger partial charge in [0.25, 0.3) is 0 Å².